The standard InChI is InChI=1S/C13H18BrNO3S2/c1-20(17,18)11-4-2-3-10(8-11)19(16)13-6-5-9(15)7-12(13)14/h5-7,10-11H,2-4,8,15H2,1H3. The molecule has 0 saturated heterocycles. The molecule has 0 aromatic heterocycles. The molecule has 1 aliphatic carbocycles. The first-order valence-electron chi connectivity index (χ1n) is 6.43. The minimum absolute atomic E-state index is 0.108. The fourth-order valence-corrected chi connectivity index (χ4v) is 6.32. The fourth-order valence-electron chi connectivity index (χ4n) is 2.55. The van der Waals surface area contributed by atoms with E-state index in [0.29, 0.717) is 23.4 Å². The first kappa shape index (κ1) is 16.0. The summed E-state index contributed by atoms with van der Waals surface area (Å²) in [6.45, 7) is 0. The van der Waals surface area contributed by atoms with Crippen LogP contribution in [0.4, 0.5) is 5.69 Å². The van der Waals surface area contributed by atoms with Crippen LogP contribution in [0.1, 0.15) is 25.7 Å². The van der Waals surface area contributed by atoms with Crippen LogP contribution in [-0.2, 0) is 20.6 Å². The van der Waals surface area contributed by atoms with Crippen LogP contribution >= 0.6 is 15.9 Å². The highest BCUT2D eigenvalue weighted by Gasteiger charge is 2.32. The van der Waals surface area contributed by atoms with Crippen molar-refractivity contribution >= 4 is 42.3 Å². The molecule has 112 valence electrons. The van der Waals surface area contributed by atoms with Crippen molar-refractivity contribution in [3.63, 3.8) is 0 Å². The summed E-state index contributed by atoms with van der Waals surface area (Å²) < 4.78 is 36.7. The van der Waals surface area contributed by atoms with Crippen molar-refractivity contribution in [3.05, 3.63) is 22.7 Å². The lowest BCUT2D eigenvalue weighted by molar-refractivity contribution is 0.487. The Labute approximate surface area is 130 Å². The van der Waals surface area contributed by atoms with Gasteiger partial charge in [-0.2, -0.15) is 0 Å². The molecule has 0 radical (unpaired) electrons. The highest BCUT2D eigenvalue weighted by molar-refractivity contribution is 9.10. The van der Waals surface area contributed by atoms with Crippen molar-refractivity contribution < 1.29 is 12.6 Å². The van der Waals surface area contributed by atoms with Gasteiger partial charge in [-0.05, 0) is 53.4 Å². The maximum absolute atomic E-state index is 12.6. The van der Waals surface area contributed by atoms with Crippen LogP contribution in [0.2, 0.25) is 0 Å². The number of hydrogen-bond donors (Lipinski definition) is 1. The number of rotatable bonds is 3. The van der Waals surface area contributed by atoms with Crippen molar-refractivity contribution in [2.75, 3.05) is 12.0 Å². The average molecular weight is 380 g/mol. The predicted octanol–water partition coefficient (Wildman–Crippen LogP) is 2.49. The van der Waals surface area contributed by atoms with Crippen LogP contribution in [-0.4, -0.2) is 29.4 Å². The Balaban J connectivity index is 2.21. The second-order valence-electron chi connectivity index (χ2n) is 5.23. The zero-order valence-corrected chi connectivity index (χ0v) is 14.4. The molecule has 1 fully saturated rings. The van der Waals surface area contributed by atoms with E-state index >= 15 is 0 Å². The molecule has 0 bridgehead atoms. The zero-order valence-electron chi connectivity index (χ0n) is 11.2. The zero-order chi connectivity index (χ0) is 14.9. The Morgan fingerprint density at radius 3 is 2.65 bits per heavy atom. The molecule has 0 aliphatic heterocycles. The summed E-state index contributed by atoms with van der Waals surface area (Å²) in [5, 5.41) is -0.471. The molecule has 1 saturated carbocycles. The van der Waals surface area contributed by atoms with Crippen molar-refractivity contribution in [1.82, 2.24) is 0 Å². The smallest absolute Gasteiger partial charge is 0.150 e. The van der Waals surface area contributed by atoms with Crippen LogP contribution in [0.3, 0.4) is 0 Å². The van der Waals surface area contributed by atoms with E-state index in [1.807, 2.05) is 0 Å². The van der Waals surface area contributed by atoms with E-state index in [0.717, 1.165) is 17.3 Å². The Kier molecular flexibility index (Phi) is 4.92. The summed E-state index contributed by atoms with van der Waals surface area (Å²) in [6.07, 6.45) is 4.02. The molecule has 2 N–H and O–H groups in total. The SMILES string of the molecule is CS(=O)(=O)C1CCCC(S(=O)c2ccc(N)cc2Br)C1. The third kappa shape index (κ3) is 3.62. The second kappa shape index (κ2) is 6.15. The summed E-state index contributed by atoms with van der Waals surface area (Å²) in [6, 6.07) is 5.19. The summed E-state index contributed by atoms with van der Waals surface area (Å²) in [7, 11) is -4.27. The molecular weight excluding hydrogens is 362 g/mol. The Bertz CT molecular complexity index is 631. The normalized spacial score (nSPS) is 25.3. The molecule has 0 heterocycles. The van der Waals surface area contributed by atoms with Gasteiger partial charge >= 0.3 is 0 Å². The molecule has 0 amide bonds. The second-order valence-corrected chi connectivity index (χ2v) is 10.1. The number of benzene rings is 1. The molecule has 3 atom stereocenters. The topological polar surface area (TPSA) is 77.2 Å². The van der Waals surface area contributed by atoms with E-state index in [9.17, 15) is 12.6 Å². The van der Waals surface area contributed by atoms with Gasteiger partial charge in [0.1, 0.15) is 9.84 Å². The maximum Gasteiger partial charge on any atom is 0.150 e. The lowest BCUT2D eigenvalue weighted by Gasteiger charge is -2.27. The third-order valence-corrected chi connectivity index (χ3v) is 8.04. The fraction of sp³-hybridized carbons (Fsp3) is 0.538. The summed E-state index contributed by atoms with van der Waals surface area (Å²) >= 11 is 3.38. The van der Waals surface area contributed by atoms with Gasteiger partial charge in [-0.25, -0.2) is 8.42 Å². The maximum atomic E-state index is 12.6. The van der Waals surface area contributed by atoms with Crippen LogP contribution in [0.25, 0.3) is 0 Å². The van der Waals surface area contributed by atoms with Crippen LogP contribution in [0.15, 0.2) is 27.6 Å². The minimum Gasteiger partial charge on any atom is -0.399 e. The molecule has 1 aromatic carbocycles. The third-order valence-electron chi connectivity index (χ3n) is 3.66. The molecule has 3 unspecified atom stereocenters. The van der Waals surface area contributed by atoms with Gasteiger partial charge in [-0.1, -0.05) is 6.42 Å². The van der Waals surface area contributed by atoms with Gasteiger partial charge in [0.05, 0.1) is 20.9 Å². The van der Waals surface area contributed by atoms with E-state index in [1.165, 1.54) is 6.26 Å². The van der Waals surface area contributed by atoms with Gasteiger partial charge in [-0.15, -0.1) is 0 Å². The van der Waals surface area contributed by atoms with E-state index < -0.39 is 20.6 Å². The van der Waals surface area contributed by atoms with Gasteiger partial charge in [0.15, 0.2) is 0 Å². The van der Waals surface area contributed by atoms with Crippen LogP contribution in [0, 0.1) is 0 Å². The largest absolute Gasteiger partial charge is 0.399 e. The Morgan fingerprint density at radius 2 is 2.05 bits per heavy atom. The lowest BCUT2D eigenvalue weighted by atomic mass is 10.00. The predicted molar refractivity (Wildman–Crippen MR) is 85.9 cm³/mol. The Hall–Kier alpha value is -0.400. The van der Waals surface area contributed by atoms with E-state index in [1.54, 1.807) is 18.2 Å². The number of sulfone groups is 1. The molecule has 0 spiro atoms. The van der Waals surface area contributed by atoms with Crippen LogP contribution < -0.4 is 5.73 Å². The highest BCUT2D eigenvalue weighted by Crippen LogP contribution is 2.32. The number of nitrogen functional groups attached to an aromatic ring is 1. The van der Waals surface area contributed by atoms with Crippen molar-refractivity contribution in [3.8, 4) is 0 Å². The molecular formula is C13H18BrNO3S2. The van der Waals surface area contributed by atoms with Crippen LogP contribution in [0.5, 0.6) is 0 Å². The summed E-state index contributed by atoms with van der Waals surface area (Å²) in [5.74, 6) is 0. The highest BCUT2D eigenvalue weighted by atomic mass is 79.9. The molecule has 20 heavy (non-hydrogen) atoms. The van der Waals surface area contributed by atoms with Gasteiger partial charge < -0.3 is 5.73 Å². The number of nitrogens with two attached hydrogens (primary N) is 1. The van der Waals surface area contributed by atoms with Crippen molar-refractivity contribution in [2.24, 2.45) is 0 Å². The first-order valence-corrected chi connectivity index (χ1v) is 10.4. The van der Waals surface area contributed by atoms with Gasteiger partial charge in [0.2, 0.25) is 0 Å². The van der Waals surface area contributed by atoms with E-state index in [4.69, 9.17) is 5.73 Å². The first-order chi connectivity index (χ1) is 9.29. The number of halogens is 1. The van der Waals surface area contributed by atoms with Crippen molar-refractivity contribution in [2.45, 2.75) is 41.1 Å². The quantitative estimate of drug-likeness (QED) is 0.818. The van der Waals surface area contributed by atoms with E-state index in [-0.39, 0.29) is 10.5 Å². The minimum atomic E-state index is -3.06. The monoisotopic (exact) mass is 379 g/mol. The average Bonchev–Trinajstić information content (AvgIpc) is 2.37. The van der Waals surface area contributed by atoms with Gasteiger partial charge in [0.25, 0.3) is 0 Å². The molecule has 2 rings (SSSR count). The number of hydrogen-bond acceptors (Lipinski definition) is 4. The molecule has 7 heteroatoms. The molecule has 4 nitrogen and oxygen atoms in total. The summed E-state index contributed by atoms with van der Waals surface area (Å²) in [5.41, 5.74) is 6.28. The molecule has 1 aromatic rings. The number of anilines is 1. The van der Waals surface area contributed by atoms with Gasteiger partial charge in [-0.3, -0.25) is 4.21 Å². The molecule has 1 aliphatic rings. The van der Waals surface area contributed by atoms with Gasteiger partial charge in [0, 0.05) is 21.7 Å². The Morgan fingerprint density at radius 1 is 1.35 bits per heavy atom. The van der Waals surface area contributed by atoms with Crippen molar-refractivity contribution in [1.29, 1.82) is 0 Å². The van der Waals surface area contributed by atoms with E-state index in [2.05, 4.69) is 15.9 Å². The lowest BCUT2D eigenvalue weighted by Crippen LogP contribution is -2.32. The summed E-state index contributed by atoms with van der Waals surface area (Å²) in [4.78, 5) is 0.693.